The molecule has 0 aliphatic heterocycles. The second-order valence-corrected chi connectivity index (χ2v) is 8.33. The van der Waals surface area contributed by atoms with Gasteiger partial charge in [0, 0.05) is 30.4 Å². The molecule has 0 spiro atoms. The van der Waals surface area contributed by atoms with Crippen LogP contribution in [0.15, 0.2) is 77.5 Å². The molecule has 0 unspecified atom stereocenters. The van der Waals surface area contributed by atoms with Crippen molar-refractivity contribution >= 4 is 47.1 Å². The zero-order valence-electron chi connectivity index (χ0n) is 20.7. The number of carbonyl (C=O) groups is 2. The van der Waals surface area contributed by atoms with Gasteiger partial charge >= 0.3 is 5.69 Å². The van der Waals surface area contributed by atoms with Gasteiger partial charge in [0.2, 0.25) is 5.75 Å². The summed E-state index contributed by atoms with van der Waals surface area (Å²) in [4.78, 5) is 38.3. The molecule has 0 aliphatic carbocycles. The maximum Gasteiger partial charge on any atom is 0.311 e. The molecule has 3 aromatic carbocycles. The van der Waals surface area contributed by atoms with Gasteiger partial charge in [-0.15, -0.1) is 0 Å². The van der Waals surface area contributed by atoms with E-state index in [0.717, 1.165) is 31.1 Å². The predicted octanol–water partition coefficient (Wildman–Crippen LogP) is 4.72. The first kappa shape index (κ1) is 27.9. The third-order valence-electron chi connectivity index (χ3n) is 5.56. The van der Waals surface area contributed by atoms with Crippen molar-refractivity contribution in [2.75, 3.05) is 18.0 Å². The summed E-state index contributed by atoms with van der Waals surface area (Å²) in [7, 11) is 0. The molecule has 0 atom stereocenters. The fourth-order valence-corrected chi connectivity index (χ4v) is 3.77. The maximum absolute atomic E-state index is 13.0. The quantitative estimate of drug-likeness (QED) is 0.149. The highest BCUT2D eigenvalue weighted by atomic mass is 35.5. The van der Waals surface area contributed by atoms with Crippen LogP contribution in [-0.4, -0.2) is 41.1 Å². The van der Waals surface area contributed by atoms with Crippen LogP contribution in [0.3, 0.4) is 0 Å². The van der Waals surface area contributed by atoms with E-state index in [4.69, 9.17) is 11.6 Å². The zero-order valence-corrected chi connectivity index (χ0v) is 21.5. The lowest BCUT2D eigenvalue weighted by molar-refractivity contribution is -0.385. The second kappa shape index (κ2) is 13.0. The van der Waals surface area contributed by atoms with Crippen molar-refractivity contribution in [1.82, 2.24) is 10.7 Å². The number of nitro benzene ring substituents is 1. The molecule has 2 amide bonds. The number of anilines is 1. The standard InChI is InChI=1S/C27H26ClN5O5/c1-3-32(4-2)20-14-12-18(13-15-20)16-23(30-26(35)21-9-5-6-10-22(21)28)27(36)31-29-17-19-8-7-11-24(25(19)34)33(37)38/h5-17,34H,3-4H2,1-2H3,(H,30,35)(H,31,36)/b23-16+,29-17-. The highest BCUT2D eigenvalue weighted by Crippen LogP contribution is 2.28. The number of phenols is 1. The molecule has 0 heterocycles. The number of halogens is 1. The number of amides is 2. The molecular weight excluding hydrogens is 510 g/mol. The van der Waals surface area contributed by atoms with Crippen LogP contribution in [0, 0.1) is 10.1 Å². The van der Waals surface area contributed by atoms with Gasteiger partial charge in [-0.3, -0.25) is 19.7 Å². The van der Waals surface area contributed by atoms with Crippen molar-refractivity contribution in [2.24, 2.45) is 5.10 Å². The Kier molecular flexibility index (Phi) is 9.55. The van der Waals surface area contributed by atoms with Crippen molar-refractivity contribution in [3.8, 4) is 5.75 Å². The number of nitro groups is 1. The van der Waals surface area contributed by atoms with Gasteiger partial charge in [0.05, 0.1) is 21.7 Å². The molecule has 0 saturated heterocycles. The van der Waals surface area contributed by atoms with E-state index in [1.54, 1.807) is 18.2 Å². The van der Waals surface area contributed by atoms with Gasteiger partial charge in [0.1, 0.15) is 5.70 Å². The summed E-state index contributed by atoms with van der Waals surface area (Å²) in [5, 5.41) is 27.7. The Hall–Kier alpha value is -4.70. The van der Waals surface area contributed by atoms with Crippen LogP contribution in [-0.2, 0) is 4.79 Å². The van der Waals surface area contributed by atoms with Crippen LogP contribution in [0.1, 0.15) is 35.3 Å². The number of nitrogens with one attached hydrogen (secondary N) is 2. The maximum atomic E-state index is 13.0. The fraction of sp³-hybridized carbons (Fsp3) is 0.148. The SMILES string of the molecule is CCN(CC)c1ccc(/C=C(/NC(=O)c2ccccc2Cl)C(=O)N/N=C\c2cccc([N+](=O)[O-])c2O)cc1. The summed E-state index contributed by atoms with van der Waals surface area (Å²) >= 11 is 6.14. The molecule has 0 aromatic heterocycles. The fourth-order valence-electron chi connectivity index (χ4n) is 3.55. The molecule has 0 saturated carbocycles. The summed E-state index contributed by atoms with van der Waals surface area (Å²) in [6.07, 6.45) is 2.54. The van der Waals surface area contributed by atoms with E-state index in [2.05, 4.69) is 34.6 Å². The summed E-state index contributed by atoms with van der Waals surface area (Å²) in [5.74, 6) is -1.96. The molecule has 10 nitrogen and oxygen atoms in total. The Morgan fingerprint density at radius 2 is 1.74 bits per heavy atom. The summed E-state index contributed by atoms with van der Waals surface area (Å²) in [5.41, 5.74) is 3.51. The molecule has 0 aliphatic rings. The topological polar surface area (TPSA) is 137 Å². The molecule has 3 aromatic rings. The Balaban J connectivity index is 1.88. The lowest BCUT2D eigenvalue weighted by Crippen LogP contribution is -2.33. The summed E-state index contributed by atoms with van der Waals surface area (Å²) in [6, 6.07) is 17.8. The molecule has 0 fully saturated rings. The lowest BCUT2D eigenvalue weighted by atomic mass is 10.1. The monoisotopic (exact) mass is 535 g/mol. The van der Waals surface area contributed by atoms with Crippen LogP contribution in [0.2, 0.25) is 5.02 Å². The molecule has 0 radical (unpaired) electrons. The van der Waals surface area contributed by atoms with E-state index < -0.39 is 28.2 Å². The van der Waals surface area contributed by atoms with Crippen molar-refractivity contribution in [3.63, 3.8) is 0 Å². The Bertz CT molecular complexity index is 1380. The number of hydrogen-bond donors (Lipinski definition) is 3. The Morgan fingerprint density at radius 1 is 1.05 bits per heavy atom. The van der Waals surface area contributed by atoms with Gasteiger partial charge in [-0.05, 0) is 55.8 Å². The van der Waals surface area contributed by atoms with E-state index in [-0.39, 0.29) is 21.8 Å². The van der Waals surface area contributed by atoms with E-state index in [1.165, 1.54) is 24.3 Å². The number of hydrogen-bond acceptors (Lipinski definition) is 7. The summed E-state index contributed by atoms with van der Waals surface area (Å²) < 4.78 is 0. The molecule has 3 N–H and O–H groups in total. The summed E-state index contributed by atoms with van der Waals surface area (Å²) in [6.45, 7) is 5.78. The smallest absolute Gasteiger partial charge is 0.311 e. The largest absolute Gasteiger partial charge is 0.502 e. The number of para-hydroxylation sites is 1. The van der Waals surface area contributed by atoms with Crippen molar-refractivity contribution in [3.05, 3.63) is 104 Å². The minimum atomic E-state index is -0.764. The van der Waals surface area contributed by atoms with Gasteiger partial charge < -0.3 is 15.3 Å². The molecule has 3 rings (SSSR count). The Labute approximate surface area is 224 Å². The number of aromatic hydroxyl groups is 1. The average molecular weight is 536 g/mol. The number of carbonyl (C=O) groups excluding carboxylic acids is 2. The van der Waals surface area contributed by atoms with E-state index >= 15 is 0 Å². The average Bonchev–Trinajstić information content (AvgIpc) is 2.90. The number of nitrogens with zero attached hydrogens (tertiary/aromatic N) is 3. The van der Waals surface area contributed by atoms with E-state index in [1.807, 2.05) is 24.3 Å². The zero-order chi connectivity index (χ0) is 27.7. The molecular formula is C27H26ClN5O5. The van der Waals surface area contributed by atoms with Crippen LogP contribution in [0.5, 0.6) is 5.75 Å². The third-order valence-corrected chi connectivity index (χ3v) is 5.89. The van der Waals surface area contributed by atoms with Crippen LogP contribution in [0.25, 0.3) is 6.08 Å². The molecule has 38 heavy (non-hydrogen) atoms. The lowest BCUT2D eigenvalue weighted by Gasteiger charge is -2.21. The van der Waals surface area contributed by atoms with Gasteiger partial charge in [0.15, 0.2) is 0 Å². The molecule has 0 bridgehead atoms. The van der Waals surface area contributed by atoms with E-state index in [9.17, 15) is 24.8 Å². The van der Waals surface area contributed by atoms with Gasteiger partial charge in [-0.2, -0.15) is 5.10 Å². The molecule has 11 heteroatoms. The minimum absolute atomic E-state index is 0.0251. The number of benzene rings is 3. The first-order valence-corrected chi connectivity index (χ1v) is 12.0. The third kappa shape index (κ3) is 6.95. The highest BCUT2D eigenvalue weighted by molar-refractivity contribution is 6.34. The van der Waals surface area contributed by atoms with Gasteiger partial charge in [0.25, 0.3) is 11.8 Å². The molecule has 196 valence electrons. The first-order chi connectivity index (χ1) is 18.2. The van der Waals surface area contributed by atoms with Gasteiger partial charge in [-0.25, -0.2) is 5.43 Å². The number of rotatable bonds is 10. The van der Waals surface area contributed by atoms with Gasteiger partial charge in [-0.1, -0.05) is 41.9 Å². The van der Waals surface area contributed by atoms with Crippen molar-refractivity contribution in [2.45, 2.75) is 13.8 Å². The predicted molar refractivity (Wildman–Crippen MR) is 147 cm³/mol. The van der Waals surface area contributed by atoms with Crippen LogP contribution in [0.4, 0.5) is 11.4 Å². The second-order valence-electron chi connectivity index (χ2n) is 7.93. The highest BCUT2D eigenvalue weighted by Gasteiger charge is 2.18. The first-order valence-electron chi connectivity index (χ1n) is 11.7. The minimum Gasteiger partial charge on any atom is -0.502 e. The normalized spacial score (nSPS) is 11.3. The van der Waals surface area contributed by atoms with Crippen LogP contribution < -0.4 is 15.6 Å². The van der Waals surface area contributed by atoms with Crippen molar-refractivity contribution < 1.29 is 19.6 Å². The number of phenolic OH excluding ortho intramolecular Hbond substituents is 1. The van der Waals surface area contributed by atoms with Crippen LogP contribution >= 0.6 is 11.6 Å². The Morgan fingerprint density at radius 3 is 2.37 bits per heavy atom. The number of hydrazone groups is 1. The van der Waals surface area contributed by atoms with Crippen molar-refractivity contribution in [1.29, 1.82) is 0 Å². The van der Waals surface area contributed by atoms with E-state index in [0.29, 0.717) is 5.56 Å².